The maximum absolute atomic E-state index is 2.36. The number of fused-ring (bicyclic) bond motifs is 6. The Morgan fingerprint density at radius 2 is 1.02 bits per heavy atom. The third-order valence-electron chi connectivity index (χ3n) is 7.83. The highest BCUT2D eigenvalue weighted by molar-refractivity contribution is 7.26. The summed E-state index contributed by atoms with van der Waals surface area (Å²) in [5.74, 6) is 0. The molecular weight excluding hydrogens is 502 g/mol. The molecule has 0 fully saturated rings. The largest absolute Gasteiger partial charge is 0.310 e. The average molecular weight is 528 g/mol. The molecule has 0 aliphatic carbocycles. The van der Waals surface area contributed by atoms with Gasteiger partial charge in [0.25, 0.3) is 0 Å². The van der Waals surface area contributed by atoms with Gasteiger partial charge in [0.1, 0.15) is 0 Å². The van der Waals surface area contributed by atoms with Crippen molar-refractivity contribution in [1.82, 2.24) is 0 Å². The molecule has 0 saturated heterocycles. The van der Waals surface area contributed by atoms with Crippen molar-refractivity contribution in [1.29, 1.82) is 0 Å². The van der Waals surface area contributed by atoms with Crippen molar-refractivity contribution >= 4 is 70.1 Å². The zero-order valence-corrected chi connectivity index (χ0v) is 22.6. The second-order valence-corrected chi connectivity index (χ2v) is 11.3. The second-order valence-electron chi connectivity index (χ2n) is 10.2. The smallest absolute Gasteiger partial charge is 0.0468 e. The van der Waals surface area contributed by atoms with E-state index in [1.165, 1.54) is 52.8 Å². The molecule has 0 unspecified atom stereocenters. The van der Waals surface area contributed by atoms with E-state index in [1.807, 2.05) is 11.3 Å². The van der Waals surface area contributed by atoms with Crippen LogP contribution >= 0.6 is 11.3 Å². The molecule has 1 heterocycles. The molecule has 1 nitrogen and oxygen atoms in total. The fourth-order valence-electron chi connectivity index (χ4n) is 5.83. The highest BCUT2D eigenvalue weighted by Gasteiger charge is 2.14. The lowest BCUT2D eigenvalue weighted by atomic mass is 10.0. The van der Waals surface area contributed by atoms with Crippen molar-refractivity contribution in [2.75, 3.05) is 4.90 Å². The summed E-state index contributed by atoms with van der Waals surface area (Å²) in [4.78, 5) is 2.33. The number of hydrogen-bond acceptors (Lipinski definition) is 2. The first kappa shape index (κ1) is 23.0. The van der Waals surface area contributed by atoms with Crippen LogP contribution < -0.4 is 4.90 Å². The van der Waals surface area contributed by atoms with Gasteiger partial charge in [0.2, 0.25) is 0 Å². The van der Waals surface area contributed by atoms with Gasteiger partial charge in [-0.15, -0.1) is 11.3 Å². The topological polar surface area (TPSA) is 3.24 Å². The standard InChI is InChI=1S/C38H25NS/c1-2-11-31(12-3-1)39(33-21-16-26-8-4-5-10-29(26)24-33)32-19-14-27(15-20-32)30-18-23-37-36(25-30)35-22-17-28-9-6-7-13-34(28)38(35)40-37/h1-25H. The Balaban J connectivity index is 1.21. The van der Waals surface area contributed by atoms with Crippen molar-refractivity contribution in [2.24, 2.45) is 0 Å². The number of hydrogen-bond donors (Lipinski definition) is 0. The molecule has 8 rings (SSSR count). The van der Waals surface area contributed by atoms with Crippen molar-refractivity contribution in [2.45, 2.75) is 0 Å². The van der Waals surface area contributed by atoms with Gasteiger partial charge in [-0.2, -0.15) is 0 Å². The maximum atomic E-state index is 2.36. The number of benzene rings is 7. The molecule has 0 spiro atoms. The Bertz CT molecular complexity index is 2160. The predicted octanol–water partition coefficient (Wildman–Crippen LogP) is 11.5. The molecule has 0 aliphatic heterocycles. The Kier molecular flexibility index (Phi) is 5.39. The molecule has 8 aromatic rings. The molecule has 7 aromatic carbocycles. The summed E-state index contributed by atoms with van der Waals surface area (Å²) in [6, 6.07) is 54.9. The second kappa shape index (κ2) is 9.37. The van der Waals surface area contributed by atoms with Gasteiger partial charge in [0.05, 0.1) is 0 Å². The minimum atomic E-state index is 1.14. The summed E-state index contributed by atoms with van der Waals surface area (Å²) in [6.45, 7) is 0. The molecule has 188 valence electrons. The van der Waals surface area contributed by atoms with E-state index < -0.39 is 0 Å². The lowest BCUT2D eigenvalue weighted by molar-refractivity contribution is 1.29. The van der Waals surface area contributed by atoms with E-state index in [1.54, 1.807) is 0 Å². The van der Waals surface area contributed by atoms with Crippen molar-refractivity contribution in [3.8, 4) is 11.1 Å². The summed E-state index contributed by atoms with van der Waals surface area (Å²) in [5.41, 5.74) is 5.89. The monoisotopic (exact) mass is 527 g/mol. The molecule has 0 atom stereocenters. The zero-order valence-electron chi connectivity index (χ0n) is 21.8. The van der Waals surface area contributed by atoms with Crippen LogP contribution in [0.3, 0.4) is 0 Å². The van der Waals surface area contributed by atoms with E-state index in [2.05, 4.69) is 157 Å². The minimum absolute atomic E-state index is 1.14. The third-order valence-corrected chi connectivity index (χ3v) is 9.05. The van der Waals surface area contributed by atoms with Gasteiger partial charge in [-0.3, -0.25) is 0 Å². The minimum Gasteiger partial charge on any atom is -0.310 e. The van der Waals surface area contributed by atoms with Gasteiger partial charge in [0.15, 0.2) is 0 Å². The molecular formula is C38H25NS. The van der Waals surface area contributed by atoms with E-state index >= 15 is 0 Å². The molecule has 0 bridgehead atoms. The van der Waals surface area contributed by atoms with E-state index in [-0.39, 0.29) is 0 Å². The van der Waals surface area contributed by atoms with E-state index in [0.29, 0.717) is 0 Å². The van der Waals surface area contributed by atoms with Gasteiger partial charge in [0, 0.05) is 37.2 Å². The first-order valence-electron chi connectivity index (χ1n) is 13.6. The molecule has 0 amide bonds. The molecule has 0 radical (unpaired) electrons. The summed E-state index contributed by atoms with van der Waals surface area (Å²) < 4.78 is 2.70. The Labute approximate surface area is 237 Å². The predicted molar refractivity (Wildman–Crippen MR) is 174 cm³/mol. The Morgan fingerprint density at radius 3 is 1.88 bits per heavy atom. The number of para-hydroxylation sites is 1. The zero-order chi connectivity index (χ0) is 26.5. The number of nitrogens with zero attached hydrogens (tertiary/aromatic N) is 1. The summed E-state index contributed by atoms with van der Waals surface area (Å²) >= 11 is 1.89. The first-order valence-corrected chi connectivity index (χ1v) is 14.4. The number of thiophene rings is 1. The van der Waals surface area contributed by atoms with Crippen molar-refractivity contribution < 1.29 is 0 Å². The molecule has 0 aliphatic rings. The van der Waals surface area contributed by atoms with Gasteiger partial charge in [-0.25, -0.2) is 0 Å². The number of anilines is 3. The maximum Gasteiger partial charge on any atom is 0.0468 e. The Hall–Kier alpha value is -4.92. The third kappa shape index (κ3) is 3.85. The lowest BCUT2D eigenvalue weighted by Gasteiger charge is -2.26. The van der Waals surface area contributed by atoms with Crippen LogP contribution in [0, 0.1) is 0 Å². The SMILES string of the molecule is c1ccc(N(c2ccc(-c3ccc4sc5c6ccccc6ccc5c4c3)cc2)c2ccc3ccccc3c2)cc1. The van der Waals surface area contributed by atoms with Crippen molar-refractivity contribution in [3.05, 3.63) is 152 Å². The van der Waals surface area contributed by atoms with Crippen LogP contribution in [-0.2, 0) is 0 Å². The molecule has 0 N–H and O–H groups in total. The van der Waals surface area contributed by atoms with E-state index in [4.69, 9.17) is 0 Å². The van der Waals surface area contributed by atoms with Crippen LogP contribution in [0.15, 0.2) is 152 Å². The van der Waals surface area contributed by atoms with Crippen LogP contribution in [0.25, 0.3) is 52.8 Å². The lowest BCUT2D eigenvalue weighted by Crippen LogP contribution is -2.09. The van der Waals surface area contributed by atoms with Crippen LogP contribution in [-0.4, -0.2) is 0 Å². The molecule has 0 saturated carbocycles. The van der Waals surface area contributed by atoms with E-state index in [9.17, 15) is 0 Å². The van der Waals surface area contributed by atoms with Crippen LogP contribution in [0.4, 0.5) is 17.1 Å². The van der Waals surface area contributed by atoms with Gasteiger partial charge in [-0.05, 0) is 81.2 Å². The quantitative estimate of drug-likeness (QED) is 0.220. The summed E-state index contributed by atoms with van der Waals surface area (Å²) in [7, 11) is 0. The van der Waals surface area contributed by atoms with Crippen LogP contribution in [0.2, 0.25) is 0 Å². The molecule has 40 heavy (non-hydrogen) atoms. The van der Waals surface area contributed by atoms with Crippen molar-refractivity contribution in [3.63, 3.8) is 0 Å². The van der Waals surface area contributed by atoms with Gasteiger partial charge < -0.3 is 4.90 Å². The summed E-state index contributed by atoms with van der Waals surface area (Å²) in [6.07, 6.45) is 0. The molecule has 1 aromatic heterocycles. The Morgan fingerprint density at radius 1 is 0.375 bits per heavy atom. The average Bonchev–Trinajstić information content (AvgIpc) is 3.41. The van der Waals surface area contributed by atoms with Gasteiger partial charge >= 0.3 is 0 Å². The van der Waals surface area contributed by atoms with Crippen LogP contribution in [0.5, 0.6) is 0 Å². The fourth-order valence-corrected chi connectivity index (χ4v) is 7.05. The highest BCUT2D eigenvalue weighted by atomic mass is 32.1. The van der Waals surface area contributed by atoms with Gasteiger partial charge in [-0.1, -0.05) is 103 Å². The summed E-state index contributed by atoms with van der Waals surface area (Å²) in [5, 5.41) is 7.78. The highest BCUT2D eigenvalue weighted by Crippen LogP contribution is 2.41. The fraction of sp³-hybridized carbons (Fsp3) is 0. The first-order chi connectivity index (χ1) is 19.8. The molecule has 2 heteroatoms. The normalized spacial score (nSPS) is 11.5. The van der Waals surface area contributed by atoms with E-state index in [0.717, 1.165) is 17.1 Å². The van der Waals surface area contributed by atoms with Crippen LogP contribution in [0.1, 0.15) is 0 Å². The number of rotatable bonds is 4.